The molecule has 1 saturated heterocycles. The Morgan fingerprint density at radius 2 is 2.04 bits per heavy atom. The molecule has 3 amide bonds. The summed E-state index contributed by atoms with van der Waals surface area (Å²) in [5, 5.41) is 3.02. The summed E-state index contributed by atoms with van der Waals surface area (Å²) >= 11 is 0. The quantitative estimate of drug-likeness (QED) is 0.870. The summed E-state index contributed by atoms with van der Waals surface area (Å²) in [6.07, 6.45) is 2.43. The predicted octanol–water partition coefficient (Wildman–Crippen LogP) is 3.24. The van der Waals surface area contributed by atoms with Gasteiger partial charge in [0, 0.05) is 31.7 Å². The van der Waals surface area contributed by atoms with Crippen molar-refractivity contribution < 1.29 is 9.59 Å². The van der Waals surface area contributed by atoms with Crippen molar-refractivity contribution >= 4 is 17.6 Å². The van der Waals surface area contributed by atoms with Crippen LogP contribution in [0.1, 0.15) is 44.2 Å². The van der Waals surface area contributed by atoms with Crippen molar-refractivity contribution in [3.8, 4) is 0 Å². The van der Waals surface area contributed by atoms with E-state index >= 15 is 0 Å². The van der Waals surface area contributed by atoms with E-state index < -0.39 is 0 Å². The number of hydrogen-bond donors (Lipinski definition) is 1. The molecule has 132 valence electrons. The summed E-state index contributed by atoms with van der Waals surface area (Å²) in [5.41, 5.74) is 3.30. The minimum absolute atomic E-state index is 0.0642. The topological polar surface area (TPSA) is 52.7 Å². The van der Waals surface area contributed by atoms with E-state index in [-0.39, 0.29) is 18.0 Å². The molecule has 0 aliphatic carbocycles. The van der Waals surface area contributed by atoms with E-state index in [1.165, 1.54) is 11.1 Å². The molecule has 0 radical (unpaired) electrons. The summed E-state index contributed by atoms with van der Waals surface area (Å²) in [4.78, 5) is 28.3. The largest absolute Gasteiger partial charge is 0.333 e. The minimum Gasteiger partial charge on any atom is -0.333 e. The van der Waals surface area contributed by atoms with Gasteiger partial charge in [-0.1, -0.05) is 19.4 Å². The first kappa shape index (κ1) is 18.3. The number of nitrogens with one attached hydrogen (secondary N) is 1. The molecular weight excluding hydrogens is 302 g/mol. The van der Waals surface area contributed by atoms with E-state index in [4.69, 9.17) is 0 Å². The van der Waals surface area contributed by atoms with Gasteiger partial charge in [0.25, 0.3) is 0 Å². The first-order valence-corrected chi connectivity index (χ1v) is 8.89. The first-order chi connectivity index (χ1) is 11.5. The average Bonchev–Trinajstić information content (AvgIpc) is 2.91. The summed E-state index contributed by atoms with van der Waals surface area (Å²) in [6.45, 7) is 10.2. The second-order valence-corrected chi connectivity index (χ2v) is 6.56. The molecule has 0 aromatic heterocycles. The van der Waals surface area contributed by atoms with Crippen LogP contribution < -0.4 is 10.2 Å². The third-order valence-corrected chi connectivity index (χ3v) is 4.71. The van der Waals surface area contributed by atoms with Crippen LogP contribution >= 0.6 is 0 Å². The fourth-order valence-electron chi connectivity index (χ4n) is 2.97. The summed E-state index contributed by atoms with van der Waals surface area (Å²) < 4.78 is 0. The van der Waals surface area contributed by atoms with Gasteiger partial charge < -0.3 is 15.1 Å². The highest BCUT2D eigenvalue weighted by Crippen LogP contribution is 2.24. The lowest BCUT2D eigenvalue weighted by Crippen LogP contribution is -2.46. The summed E-state index contributed by atoms with van der Waals surface area (Å²) in [5.74, 6) is 0.0696. The molecule has 1 atom stereocenters. The molecule has 1 fully saturated rings. The highest BCUT2D eigenvalue weighted by Gasteiger charge is 2.32. The SMILES string of the molecule is CCCCN(CC)C(=O)N[C@H]1CC(=O)N(c2ccc(C)c(C)c2)C1. The van der Waals surface area contributed by atoms with Gasteiger partial charge >= 0.3 is 6.03 Å². The van der Waals surface area contributed by atoms with Crippen LogP contribution in [0.3, 0.4) is 0 Å². The molecule has 24 heavy (non-hydrogen) atoms. The van der Waals surface area contributed by atoms with E-state index in [1.807, 2.05) is 36.9 Å². The average molecular weight is 331 g/mol. The molecule has 0 unspecified atom stereocenters. The molecule has 5 heteroatoms. The van der Waals surface area contributed by atoms with Gasteiger partial charge in [0.05, 0.1) is 6.04 Å². The predicted molar refractivity (Wildman–Crippen MR) is 97.4 cm³/mol. The van der Waals surface area contributed by atoms with Crippen LogP contribution in [0.25, 0.3) is 0 Å². The fraction of sp³-hybridized carbons (Fsp3) is 0.579. The molecule has 1 aromatic rings. The van der Waals surface area contributed by atoms with Crippen LogP contribution in [0.2, 0.25) is 0 Å². The Morgan fingerprint density at radius 3 is 2.67 bits per heavy atom. The Hall–Kier alpha value is -2.04. The Kier molecular flexibility index (Phi) is 6.23. The van der Waals surface area contributed by atoms with E-state index in [9.17, 15) is 9.59 Å². The molecular formula is C19H29N3O2. The fourth-order valence-corrected chi connectivity index (χ4v) is 2.97. The standard InChI is InChI=1S/C19H29N3O2/c1-5-7-10-21(6-2)19(24)20-16-12-18(23)22(13-16)17-9-8-14(3)15(4)11-17/h8-9,11,16H,5-7,10,12-13H2,1-4H3,(H,20,24)/t16-/m0/s1. The third kappa shape index (κ3) is 4.28. The number of hydrogen-bond acceptors (Lipinski definition) is 2. The van der Waals surface area contributed by atoms with Crippen molar-refractivity contribution in [2.45, 2.75) is 53.0 Å². The van der Waals surface area contributed by atoms with Gasteiger partial charge in [-0.25, -0.2) is 4.79 Å². The Morgan fingerprint density at radius 1 is 1.29 bits per heavy atom. The lowest BCUT2D eigenvalue weighted by Gasteiger charge is -2.24. The second kappa shape index (κ2) is 8.18. The molecule has 1 N–H and O–H groups in total. The molecule has 1 aliphatic heterocycles. The number of anilines is 1. The van der Waals surface area contributed by atoms with Crippen molar-refractivity contribution in [2.75, 3.05) is 24.5 Å². The number of urea groups is 1. The second-order valence-electron chi connectivity index (χ2n) is 6.56. The number of nitrogens with zero attached hydrogens (tertiary/aromatic N) is 2. The van der Waals surface area contributed by atoms with E-state index in [2.05, 4.69) is 19.2 Å². The van der Waals surface area contributed by atoms with Crippen molar-refractivity contribution in [3.63, 3.8) is 0 Å². The molecule has 1 heterocycles. The monoisotopic (exact) mass is 331 g/mol. The van der Waals surface area contributed by atoms with Crippen LogP contribution in [-0.4, -0.2) is 42.5 Å². The first-order valence-electron chi connectivity index (χ1n) is 8.89. The lowest BCUT2D eigenvalue weighted by molar-refractivity contribution is -0.117. The molecule has 0 spiro atoms. The summed E-state index contributed by atoms with van der Waals surface area (Å²) in [6, 6.07) is 5.86. The maximum Gasteiger partial charge on any atom is 0.317 e. The van der Waals surface area contributed by atoms with Gasteiger partial charge in [0.15, 0.2) is 0 Å². The van der Waals surface area contributed by atoms with Crippen LogP contribution in [0.5, 0.6) is 0 Å². The maximum absolute atomic E-state index is 12.4. The zero-order valence-corrected chi connectivity index (χ0v) is 15.3. The number of aryl methyl sites for hydroxylation is 2. The smallest absolute Gasteiger partial charge is 0.317 e. The highest BCUT2D eigenvalue weighted by molar-refractivity contribution is 5.96. The van der Waals surface area contributed by atoms with E-state index in [0.717, 1.165) is 25.1 Å². The van der Waals surface area contributed by atoms with Gasteiger partial charge in [0.2, 0.25) is 5.91 Å². The van der Waals surface area contributed by atoms with Crippen molar-refractivity contribution in [1.82, 2.24) is 10.2 Å². The molecule has 5 nitrogen and oxygen atoms in total. The molecule has 1 aromatic carbocycles. The van der Waals surface area contributed by atoms with E-state index in [1.54, 1.807) is 4.90 Å². The van der Waals surface area contributed by atoms with Gasteiger partial charge in [-0.3, -0.25) is 4.79 Å². The molecule has 0 bridgehead atoms. The maximum atomic E-state index is 12.4. The lowest BCUT2D eigenvalue weighted by atomic mass is 10.1. The number of benzene rings is 1. The molecule has 1 aliphatic rings. The zero-order valence-electron chi connectivity index (χ0n) is 15.3. The summed E-state index contributed by atoms with van der Waals surface area (Å²) in [7, 11) is 0. The van der Waals surface area contributed by atoms with Crippen molar-refractivity contribution in [1.29, 1.82) is 0 Å². The third-order valence-electron chi connectivity index (χ3n) is 4.71. The van der Waals surface area contributed by atoms with Gasteiger partial charge in [-0.05, 0) is 50.5 Å². The molecule has 2 rings (SSSR count). The van der Waals surface area contributed by atoms with Crippen LogP contribution in [0, 0.1) is 13.8 Å². The van der Waals surface area contributed by atoms with Crippen LogP contribution in [0.4, 0.5) is 10.5 Å². The van der Waals surface area contributed by atoms with Gasteiger partial charge in [-0.2, -0.15) is 0 Å². The van der Waals surface area contributed by atoms with E-state index in [0.29, 0.717) is 19.5 Å². The number of rotatable bonds is 6. The number of carbonyl (C=O) groups excluding carboxylic acids is 2. The van der Waals surface area contributed by atoms with Gasteiger partial charge in [-0.15, -0.1) is 0 Å². The zero-order chi connectivity index (χ0) is 17.7. The van der Waals surface area contributed by atoms with Crippen molar-refractivity contribution in [2.24, 2.45) is 0 Å². The number of unbranched alkanes of at least 4 members (excludes halogenated alkanes) is 1. The van der Waals surface area contributed by atoms with Crippen LogP contribution in [0.15, 0.2) is 18.2 Å². The number of amides is 3. The normalized spacial score (nSPS) is 17.2. The van der Waals surface area contributed by atoms with Crippen molar-refractivity contribution in [3.05, 3.63) is 29.3 Å². The highest BCUT2D eigenvalue weighted by atomic mass is 16.2. The van der Waals surface area contributed by atoms with Gasteiger partial charge in [0.1, 0.15) is 0 Å². The minimum atomic E-state index is -0.123. The molecule has 0 saturated carbocycles. The van der Waals surface area contributed by atoms with Crippen LogP contribution in [-0.2, 0) is 4.79 Å². The Labute approximate surface area is 145 Å². The number of carbonyl (C=O) groups is 2. The Bertz CT molecular complexity index is 600. The Balaban J connectivity index is 1.98.